The summed E-state index contributed by atoms with van der Waals surface area (Å²) in [5, 5.41) is 0. The summed E-state index contributed by atoms with van der Waals surface area (Å²) in [5.41, 5.74) is 1.98. The fourth-order valence-electron chi connectivity index (χ4n) is 3.55. The van der Waals surface area contributed by atoms with Crippen molar-refractivity contribution < 1.29 is 19.0 Å². The molecule has 3 rings (SSSR count). The first-order chi connectivity index (χ1) is 13.7. The van der Waals surface area contributed by atoms with Crippen molar-refractivity contribution in [2.45, 2.75) is 25.8 Å². The van der Waals surface area contributed by atoms with E-state index in [1.165, 1.54) is 0 Å². The zero-order valence-corrected chi connectivity index (χ0v) is 16.7. The number of methoxy groups -OCH3 is 2. The Morgan fingerprint density at radius 1 is 1.11 bits per heavy atom. The number of hydrogen-bond acceptors (Lipinski definition) is 4. The largest absolute Gasteiger partial charge is 0.497 e. The number of nitrogens with zero attached hydrogens (tertiary/aromatic N) is 1. The summed E-state index contributed by atoms with van der Waals surface area (Å²) in [6.07, 6.45) is 5.39. The Kier molecular flexibility index (Phi) is 6.58. The van der Waals surface area contributed by atoms with E-state index >= 15 is 0 Å². The molecule has 1 atom stereocenters. The highest BCUT2D eigenvalue weighted by Crippen LogP contribution is 2.38. The van der Waals surface area contributed by atoms with Gasteiger partial charge < -0.3 is 19.1 Å². The van der Waals surface area contributed by atoms with Gasteiger partial charge in [-0.15, -0.1) is 0 Å². The molecule has 0 radical (unpaired) electrons. The standard InChI is InChI=1S/C23H27NO4/c1-4-28-18-10-7-17(8-11-18)9-14-23(25)24-15-5-6-21(24)20-13-12-19(26-2)16-22(20)27-3/h7-14,16,21H,4-6,15H2,1-3H3/b14-9+. The maximum atomic E-state index is 12.8. The van der Waals surface area contributed by atoms with Crippen LogP contribution in [0.4, 0.5) is 0 Å². The molecule has 5 heteroatoms. The van der Waals surface area contributed by atoms with Gasteiger partial charge >= 0.3 is 0 Å². The number of likely N-dealkylation sites (tertiary alicyclic amines) is 1. The van der Waals surface area contributed by atoms with Crippen LogP contribution >= 0.6 is 0 Å². The van der Waals surface area contributed by atoms with E-state index in [-0.39, 0.29) is 11.9 Å². The molecule has 1 heterocycles. The molecule has 148 valence electrons. The molecular formula is C23H27NO4. The zero-order chi connectivity index (χ0) is 19.9. The summed E-state index contributed by atoms with van der Waals surface area (Å²) < 4.78 is 16.3. The first-order valence-electron chi connectivity index (χ1n) is 9.59. The molecule has 0 saturated carbocycles. The number of benzene rings is 2. The normalized spacial score (nSPS) is 16.4. The van der Waals surface area contributed by atoms with Crippen molar-refractivity contribution in [1.29, 1.82) is 0 Å². The van der Waals surface area contributed by atoms with Crippen molar-refractivity contribution >= 4 is 12.0 Å². The third-order valence-electron chi connectivity index (χ3n) is 4.94. The highest BCUT2D eigenvalue weighted by Gasteiger charge is 2.30. The Bertz CT molecular complexity index is 829. The van der Waals surface area contributed by atoms with Gasteiger partial charge in [-0.1, -0.05) is 12.1 Å². The summed E-state index contributed by atoms with van der Waals surface area (Å²) in [4.78, 5) is 14.8. The summed E-state index contributed by atoms with van der Waals surface area (Å²) in [5.74, 6) is 2.33. The van der Waals surface area contributed by atoms with Gasteiger partial charge in [0, 0.05) is 24.3 Å². The van der Waals surface area contributed by atoms with Crippen LogP contribution in [0.3, 0.4) is 0 Å². The summed E-state index contributed by atoms with van der Waals surface area (Å²) in [6, 6.07) is 13.5. The molecule has 0 bridgehead atoms. The predicted molar refractivity (Wildman–Crippen MR) is 110 cm³/mol. The van der Waals surface area contributed by atoms with E-state index in [9.17, 15) is 4.79 Å². The van der Waals surface area contributed by atoms with E-state index < -0.39 is 0 Å². The van der Waals surface area contributed by atoms with Gasteiger partial charge in [0.15, 0.2) is 0 Å². The smallest absolute Gasteiger partial charge is 0.247 e. The zero-order valence-electron chi connectivity index (χ0n) is 16.7. The minimum Gasteiger partial charge on any atom is -0.497 e. The minimum absolute atomic E-state index is 0.00857. The van der Waals surface area contributed by atoms with Crippen molar-refractivity contribution in [3.05, 3.63) is 59.7 Å². The van der Waals surface area contributed by atoms with Crippen molar-refractivity contribution in [3.63, 3.8) is 0 Å². The van der Waals surface area contributed by atoms with Crippen LogP contribution < -0.4 is 14.2 Å². The van der Waals surface area contributed by atoms with Gasteiger partial charge in [-0.2, -0.15) is 0 Å². The van der Waals surface area contributed by atoms with Crippen LogP contribution in [0, 0.1) is 0 Å². The maximum Gasteiger partial charge on any atom is 0.247 e. The second-order valence-electron chi connectivity index (χ2n) is 6.63. The lowest BCUT2D eigenvalue weighted by Gasteiger charge is -2.25. The summed E-state index contributed by atoms with van der Waals surface area (Å²) >= 11 is 0. The molecule has 0 aliphatic carbocycles. The van der Waals surface area contributed by atoms with Crippen molar-refractivity contribution in [2.24, 2.45) is 0 Å². The third kappa shape index (κ3) is 4.47. The van der Waals surface area contributed by atoms with Gasteiger partial charge in [0.05, 0.1) is 26.9 Å². The quantitative estimate of drug-likeness (QED) is 0.664. The van der Waals surface area contributed by atoms with Crippen LogP contribution in [-0.2, 0) is 4.79 Å². The summed E-state index contributed by atoms with van der Waals surface area (Å²) in [6.45, 7) is 3.34. The van der Waals surface area contributed by atoms with Crippen molar-refractivity contribution in [2.75, 3.05) is 27.4 Å². The lowest BCUT2D eigenvalue weighted by Crippen LogP contribution is -2.29. The van der Waals surface area contributed by atoms with E-state index in [0.29, 0.717) is 6.61 Å². The van der Waals surface area contributed by atoms with E-state index in [1.54, 1.807) is 20.3 Å². The predicted octanol–water partition coefficient (Wildman–Crippen LogP) is 4.48. The lowest BCUT2D eigenvalue weighted by molar-refractivity contribution is -0.126. The average Bonchev–Trinajstić information content (AvgIpc) is 3.22. The Balaban J connectivity index is 1.74. The van der Waals surface area contributed by atoms with Gasteiger partial charge in [-0.25, -0.2) is 0 Å². The van der Waals surface area contributed by atoms with E-state index in [0.717, 1.165) is 47.8 Å². The second kappa shape index (κ2) is 9.31. The Morgan fingerprint density at radius 2 is 1.86 bits per heavy atom. The van der Waals surface area contributed by atoms with E-state index in [4.69, 9.17) is 14.2 Å². The fraction of sp³-hybridized carbons (Fsp3) is 0.348. The van der Waals surface area contributed by atoms with E-state index in [2.05, 4.69) is 0 Å². The molecule has 1 aliphatic rings. The van der Waals surface area contributed by atoms with Crippen LogP contribution in [0.2, 0.25) is 0 Å². The Labute approximate surface area is 166 Å². The van der Waals surface area contributed by atoms with E-state index in [1.807, 2.05) is 60.4 Å². The highest BCUT2D eigenvalue weighted by molar-refractivity contribution is 5.92. The molecule has 5 nitrogen and oxygen atoms in total. The topological polar surface area (TPSA) is 48.0 Å². The van der Waals surface area contributed by atoms with Crippen LogP contribution in [0.5, 0.6) is 17.2 Å². The first kappa shape index (κ1) is 19.8. The van der Waals surface area contributed by atoms with Gasteiger partial charge in [-0.3, -0.25) is 4.79 Å². The molecule has 28 heavy (non-hydrogen) atoms. The third-order valence-corrected chi connectivity index (χ3v) is 4.94. The van der Waals surface area contributed by atoms with Gasteiger partial charge in [0.25, 0.3) is 0 Å². The molecule has 1 amide bonds. The Morgan fingerprint density at radius 3 is 2.54 bits per heavy atom. The average molecular weight is 381 g/mol. The number of carbonyl (C=O) groups excluding carboxylic acids is 1. The fourth-order valence-corrected chi connectivity index (χ4v) is 3.55. The molecule has 0 N–H and O–H groups in total. The van der Waals surface area contributed by atoms with Gasteiger partial charge in [-0.05, 0) is 55.7 Å². The number of amides is 1. The molecule has 2 aromatic rings. The van der Waals surface area contributed by atoms with Crippen LogP contribution in [0.1, 0.15) is 36.9 Å². The molecular weight excluding hydrogens is 354 g/mol. The maximum absolute atomic E-state index is 12.8. The molecule has 1 saturated heterocycles. The molecule has 1 fully saturated rings. The number of carbonyl (C=O) groups is 1. The molecule has 1 unspecified atom stereocenters. The monoisotopic (exact) mass is 381 g/mol. The van der Waals surface area contributed by atoms with Gasteiger partial charge in [0.2, 0.25) is 5.91 Å². The molecule has 1 aliphatic heterocycles. The highest BCUT2D eigenvalue weighted by atomic mass is 16.5. The first-order valence-corrected chi connectivity index (χ1v) is 9.59. The SMILES string of the molecule is CCOc1ccc(/C=C/C(=O)N2CCCC2c2ccc(OC)cc2OC)cc1. The van der Waals surface area contributed by atoms with Crippen molar-refractivity contribution in [3.8, 4) is 17.2 Å². The summed E-state index contributed by atoms with van der Waals surface area (Å²) in [7, 11) is 3.27. The van der Waals surface area contributed by atoms with Gasteiger partial charge in [0.1, 0.15) is 17.2 Å². The van der Waals surface area contributed by atoms with Crippen LogP contribution in [-0.4, -0.2) is 38.2 Å². The number of ether oxygens (including phenoxy) is 3. The number of rotatable bonds is 7. The van der Waals surface area contributed by atoms with Crippen molar-refractivity contribution in [1.82, 2.24) is 4.90 Å². The van der Waals surface area contributed by atoms with Crippen LogP contribution in [0.15, 0.2) is 48.5 Å². The molecule has 0 aromatic heterocycles. The lowest BCUT2D eigenvalue weighted by atomic mass is 10.0. The number of hydrogen-bond donors (Lipinski definition) is 0. The molecule has 0 spiro atoms. The Hall–Kier alpha value is -2.95. The second-order valence-corrected chi connectivity index (χ2v) is 6.63. The molecule has 2 aromatic carbocycles. The van der Waals surface area contributed by atoms with Crippen LogP contribution in [0.25, 0.3) is 6.08 Å². The minimum atomic E-state index is 0.00857.